The monoisotopic (exact) mass is 537 g/mol. The summed E-state index contributed by atoms with van der Waals surface area (Å²) >= 11 is 0. The number of carboxylic acid groups (broad SMARTS) is 1. The normalized spacial score (nSPS) is 12.8. The van der Waals surface area contributed by atoms with Gasteiger partial charge in [0.15, 0.2) is 5.96 Å². The van der Waals surface area contributed by atoms with E-state index in [4.69, 9.17) is 11.5 Å². The van der Waals surface area contributed by atoms with Crippen LogP contribution in [0.25, 0.3) is 0 Å². The minimum Gasteiger partial charge on any atom is -0.480 e. The van der Waals surface area contributed by atoms with Gasteiger partial charge in [0, 0.05) is 13.0 Å². The first kappa shape index (κ1) is 29.5. The fourth-order valence-electron chi connectivity index (χ4n) is 3.09. The summed E-state index contributed by atoms with van der Waals surface area (Å²) in [6.07, 6.45) is -4.55. The molecule has 0 aromatic heterocycles. The molecule has 0 bridgehead atoms. The smallest absolute Gasteiger partial charge is 0.480 e. The Hall–Kier alpha value is -4.69. The summed E-state index contributed by atoms with van der Waals surface area (Å²) in [4.78, 5) is 40.7. The number of nitrogens with one attached hydrogen (secondary N) is 2. The van der Waals surface area contributed by atoms with Crippen LogP contribution in [-0.4, -0.2) is 54.0 Å². The molecule has 0 aliphatic rings. The van der Waals surface area contributed by atoms with E-state index in [9.17, 15) is 32.7 Å². The van der Waals surface area contributed by atoms with E-state index >= 15 is 0 Å². The molecule has 0 aliphatic carbocycles. The molecule has 0 fully saturated rings. The fourth-order valence-corrected chi connectivity index (χ4v) is 3.09. The number of azo groups is 1. The molecule has 2 rings (SSSR count). The predicted octanol–water partition coefficient (Wildman–Crippen LogP) is 2.61. The van der Waals surface area contributed by atoms with Crippen molar-refractivity contribution in [3.8, 4) is 5.75 Å². The zero-order chi connectivity index (χ0) is 28.1. The van der Waals surface area contributed by atoms with Gasteiger partial charge in [-0.25, -0.2) is 9.59 Å². The minimum atomic E-state index is -4.86. The fraction of sp³-hybridized carbons (Fsp3) is 0.304. The molecule has 2 aromatic rings. The molecule has 2 aromatic carbocycles. The summed E-state index contributed by atoms with van der Waals surface area (Å²) in [7, 11) is 0. The maximum atomic E-state index is 12.9. The van der Waals surface area contributed by atoms with E-state index in [1.165, 1.54) is 0 Å². The number of ether oxygens (including phenoxy) is 1. The Kier molecular flexibility index (Phi) is 11.0. The van der Waals surface area contributed by atoms with E-state index in [1.807, 2.05) is 0 Å². The summed E-state index contributed by atoms with van der Waals surface area (Å²) < 4.78 is 40.6. The molecule has 7 N–H and O–H groups in total. The highest BCUT2D eigenvalue weighted by Crippen LogP contribution is 2.25. The van der Waals surface area contributed by atoms with Crippen molar-refractivity contribution < 1.29 is 37.4 Å². The quantitative estimate of drug-likeness (QED) is 0.119. The second-order valence-electron chi connectivity index (χ2n) is 7.78. The molecule has 0 saturated carbocycles. The van der Waals surface area contributed by atoms with E-state index in [0.717, 1.165) is 24.3 Å². The molecule has 12 nitrogen and oxygen atoms in total. The lowest BCUT2D eigenvalue weighted by molar-refractivity contribution is -0.274. The van der Waals surface area contributed by atoms with Gasteiger partial charge in [0.25, 0.3) is 0 Å². The SMILES string of the molecule is NC(N)=NCCCC(NC(=O)C(Cc1ccccc1)NC(=O)N=Nc1ccc(OC(F)(F)F)cc1)C(=O)O. The van der Waals surface area contributed by atoms with Gasteiger partial charge in [0.2, 0.25) is 5.91 Å². The highest BCUT2D eigenvalue weighted by molar-refractivity contribution is 5.90. The molecule has 0 spiro atoms. The van der Waals surface area contributed by atoms with E-state index in [0.29, 0.717) is 5.56 Å². The average Bonchev–Trinajstić information content (AvgIpc) is 2.84. The predicted molar refractivity (Wildman–Crippen MR) is 130 cm³/mol. The number of hydrogen-bond acceptors (Lipinski definition) is 6. The van der Waals surface area contributed by atoms with Crippen LogP contribution >= 0.6 is 0 Å². The number of rotatable bonds is 12. The number of benzene rings is 2. The van der Waals surface area contributed by atoms with Gasteiger partial charge >= 0.3 is 18.4 Å². The molecule has 2 unspecified atom stereocenters. The number of carboxylic acids is 1. The zero-order valence-corrected chi connectivity index (χ0v) is 19.9. The molecule has 0 saturated heterocycles. The van der Waals surface area contributed by atoms with Gasteiger partial charge in [0.1, 0.15) is 17.8 Å². The first-order valence-corrected chi connectivity index (χ1v) is 11.1. The lowest BCUT2D eigenvalue weighted by Crippen LogP contribution is -2.52. The summed E-state index contributed by atoms with van der Waals surface area (Å²) in [5, 5.41) is 21.3. The van der Waals surface area contributed by atoms with Crippen LogP contribution in [-0.2, 0) is 16.0 Å². The highest BCUT2D eigenvalue weighted by Gasteiger charge is 2.31. The van der Waals surface area contributed by atoms with Gasteiger partial charge < -0.3 is 31.9 Å². The van der Waals surface area contributed by atoms with Crippen LogP contribution in [0.3, 0.4) is 0 Å². The van der Waals surface area contributed by atoms with Crippen molar-refractivity contribution in [2.24, 2.45) is 26.7 Å². The van der Waals surface area contributed by atoms with Crippen LogP contribution in [0, 0.1) is 0 Å². The van der Waals surface area contributed by atoms with E-state index in [-0.39, 0.29) is 37.5 Å². The lowest BCUT2D eigenvalue weighted by Gasteiger charge is -2.20. The highest BCUT2D eigenvalue weighted by atomic mass is 19.4. The molecule has 0 aliphatic heterocycles. The molecule has 38 heavy (non-hydrogen) atoms. The summed E-state index contributed by atoms with van der Waals surface area (Å²) in [6.45, 7) is 0.163. The van der Waals surface area contributed by atoms with E-state index < -0.39 is 42.1 Å². The molecule has 0 heterocycles. The summed E-state index contributed by atoms with van der Waals surface area (Å²) in [5.41, 5.74) is 11.2. The van der Waals surface area contributed by atoms with Gasteiger partial charge in [-0.1, -0.05) is 35.4 Å². The van der Waals surface area contributed by atoms with Crippen LogP contribution in [0.4, 0.5) is 23.7 Å². The third kappa shape index (κ3) is 11.4. The molecule has 2 atom stereocenters. The maximum absolute atomic E-state index is 12.9. The number of hydrogen-bond donors (Lipinski definition) is 5. The van der Waals surface area contributed by atoms with Crippen LogP contribution < -0.4 is 26.8 Å². The average molecular weight is 537 g/mol. The Morgan fingerprint density at radius 3 is 2.21 bits per heavy atom. The van der Waals surface area contributed by atoms with Crippen LogP contribution in [0.5, 0.6) is 5.75 Å². The Balaban J connectivity index is 2.08. The number of carbonyl (C=O) groups excluding carboxylic acids is 2. The van der Waals surface area contributed by atoms with Crippen molar-refractivity contribution >= 4 is 29.6 Å². The number of aliphatic carboxylic acids is 1. The molecule has 204 valence electrons. The van der Waals surface area contributed by atoms with Gasteiger partial charge in [-0.05, 0) is 42.7 Å². The minimum absolute atomic E-state index is 0.0117. The molecular weight excluding hydrogens is 511 g/mol. The number of nitrogens with zero attached hydrogens (tertiary/aromatic N) is 3. The van der Waals surface area contributed by atoms with Gasteiger partial charge in [-0.2, -0.15) is 0 Å². The molecular formula is C23H26F3N7O5. The van der Waals surface area contributed by atoms with Crippen LogP contribution in [0.2, 0.25) is 0 Å². The Labute approximate surface area is 215 Å². The topological polar surface area (TPSA) is 194 Å². The lowest BCUT2D eigenvalue weighted by atomic mass is 10.0. The Bertz CT molecular complexity index is 1140. The van der Waals surface area contributed by atoms with Crippen molar-refractivity contribution in [1.29, 1.82) is 0 Å². The zero-order valence-electron chi connectivity index (χ0n) is 19.9. The molecule has 0 radical (unpaired) electrons. The number of halogens is 3. The molecule has 15 heteroatoms. The number of amides is 3. The number of urea groups is 1. The van der Waals surface area contributed by atoms with Crippen molar-refractivity contribution in [2.75, 3.05) is 6.54 Å². The largest absolute Gasteiger partial charge is 0.573 e. The third-order valence-corrected chi connectivity index (χ3v) is 4.78. The van der Waals surface area contributed by atoms with Crippen molar-refractivity contribution in [3.05, 3.63) is 60.2 Å². The van der Waals surface area contributed by atoms with Crippen molar-refractivity contribution in [1.82, 2.24) is 10.6 Å². The van der Waals surface area contributed by atoms with Crippen LogP contribution in [0.1, 0.15) is 18.4 Å². The number of guanidine groups is 1. The number of carbonyl (C=O) groups is 3. The summed E-state index contributed by atoms with van der Waals surface area (Å²) in [6, 6.07) is 9.38. The first-order valence-electron chi connectivity index (χ1n) is 11.1. The molecule has 3 amide bonds. The Morgan fingerprint density at radius 1 is 0.974 bits per heavy atom. The van der Waals surface area contributed by atoms with Crippen LogP contribution in [0.15, 0.2) is 69.8 Å². The van der Waals surface area contributed by atoms with Crippen molar-refractivity contribution in [3.63, 3.8) is 0 Å². The third-order valence-electron chi connectivity index (χ3n) is 4.78. The van der Waals surface area contributed by atoms with Crippen molar-refractivity contribution in [2.45, 2.75) is 37.7 Å². The number of alkyl halides is 3. The second kappa shape index (κ2) is 14.2. The maximum Gasteiger partial charge on any atom is 0.573 e. The number of aliphatic imine (C=N–C) groups is 1. The van der Waals surface area contributed by atoms with Gasteiger partial charge in [0.05, 0.1) is 5.69 Å². The van der Waals surface area contributed by atoms with E-state index in [2.05, 4.69) is 30.6 Å². The summed E-state index contributed by atoms with van der Waals surface area (Å²) in [5.74, 6) is -2.69. The van der Waals surface area contributed by atoms with Gasteiger partial charge in [-0.15, -0.1) is 18.3 Å². The standard InChI is InChI=1S/C23H26F3N7O5/c24-23(25,26)38-16-10-8-15(9-11-16)32-33-22(37)31-18(13-14-5-2-1-3-6-14)19(34)30-17(20(35)36)7-4-12-29-21(27)28/h1-3,5-6,8-11,17-18H,4,7,12-13H2,(H,30,34)(H,31,37)(H,35,36)(H4,27,28,29). The van der Waals surface area contributed by atoms with Gasteiger partial charge in [-0.3, -0.25) is 9.79 Å². The number of nitrogens with two attached hydrogens (primary N) is 2. The van der Waals surface area contributed by atoms with E-state index in [1.54, 1.807) is 30.3 Å². The Morgan fingerprint density at radius 2 is 1.63 bits per heavy atom. The second-order valence-corrected chi connectivity index (χ2v) is 7.78. The first-order chi connectivity index (χ1) is 17.9.